The molecule has 2 N–H and O–H groups in total. The van der Waals surface area contributed by atoms with E-state index in [-0.39, 0.29) is 18.3 Å². The molecule has 9 heteroatoms. The average Bonchev–Trinajstić information content (AvgIpc) is 3.39. The number of benzene rings is 1. The second kappa shape index (κ2) is 12.1. The van der Waals surface area contributed by atoms with Crippen LogP contribution in [0.3, 0.4) is 0 Å². The van der Waals surface area contributed by atoms with E-state index in [1.54, 1.807) is 5.01 Å². The molecule has 8 nitrogen and oxygen atoms in total. The molecule has 35 heavy (non-hydrogen) atoms. The number of carbonyl (C=O) groups excluding carboxylic acids is 1. The Kier molecular flexibility index (Phi) is 8.72. The zero-order chi connectivity index (χ0) is 24.6. The normalized spacial score (nSPS) is 17.3. The highest BCUT2D eigenvalue weighted by Crippen LogP contribution is 2.26. The molecule has 1 saturated carbocycles. The van der Waals surface area contributed by atoms with Crippen molar-refractivity contribution in [3.05, 3.63) is 47.4 Å². The van der Waals surface area contributed by atoms with Gasteiger partial charge in [-0.3, -0.25) is 20.1 Å². The molecule has 0 unspecified atom stereocenters. The van der Waals surface area contributed by atoms with Gasteiger partial charge in [0, 0.05) is 31.5 Å². The third-order valence-corrected chi connectivity index (χ3v) is 7.17. The Morgan fingerprint density at radius 3 is 2.54 bits per heavy atom. The van der Waals surface area contributed by atoms with E-state index in [9.17, 15) is 10.1 Å². The van der Waals surface area contributed by atoms with Crippen LogP contribution in [0.15, 0.2) is 30.5 Å². The number of nitrogens with zero attached hydrogens (tertiary/aromatic N) is 5. The molecule has 2 aromatic rings. The van der Waals surface area contributed by atoms with Gasteiger partial charge in [-0.25, -0.2) is 9.97 Å². The lowest BCUT2D eigenvalue weighted by Gasteiger charge is -2.31. The number of aliphatic hydroxyl groups is 1. The van der Waals surface area contributed by atoms with Crippen molar-refractivity contribution in [2.45, 2.75) is 51.5 Å². The van der Waals surface area contributed by atoms with Gasteiger partial charge in [0.2, 0.25) is 5.82 Å². The van der Waals surface area contributed by atoms with Gasteiger partial charge >= 0.3 is 0 Å². The molecule has 1 aromatic heterocycles. The van der Waals surface area contributed by atoms with Crippen molar-refractivity contribution in [2.24, 2.45) is 11.8 Å². The van der Waals surface area contributed by atoms with Crippen molar-refractivity contribution >= 4 is 25.0 Å². The third kappa shape index (κ3) is 6.80. The van der Waals surface area contributed by atoms with Gasteiger partial charge in [-0.1, -0.05) is 25.0 Å². The number of nitriles is 1. The van der Waals surface area contributed by atoms with E-state index in [0.29, 0.717) is 35.2 Å². The maximum Gasteiger partial charge on any atom is 0.269 e. The highest BCUT2D eigenvalue weighted by molar-refractivity contribution is 6.35. The summed E-state index contributed by atoms with van der Waals surface area (Å²) in [6.45, 7) is 3.79. The van der Waals surface area contributed by atoms with E-state index >= 15 is 0 Å². The quantitative estimate of drug-likeness (QED) is 0.425. The van der Waals surface area contributed by atoms with Gasteiger partial charge in [-0.05, 0) is 80.2 Å². The summed E-state index contributed by atoms with van der Waals surface area (Å²) in [6, 6.07) is 9.65. The number of anilines is 1. The largest absolute Gasteiger partial charge is 0.396 e. The predicted molar refractivity (Wildman–Crippen MR) is 135 cm³/mol. The van der Waals surface area contributed by atoms with Crippen LogP contribution in [-0.2, 0) is 6.54 Å². The second-order valence-electron chi connectivity index (χ2n) is 9.72. The monoisotopic (exact) mass is 472 g/mol. The molecule has 0 bridgehead atoms. The highest BCUT2D eigenvalue weighted by atomic mass is 16.3. The maximum atomic E-state index is 13.1. The summed E-state index contributed by atoms with van der Waals surface area (Å²) in [5, 5.41) is 20.0. The van der Waals surface area contributed by atoms with Crippen LogP contribution in [0, 0.1) is 23.2 Å². The zero-order valence-electron chi connectivity index (χ0n) is 20.2. The fourth-order valence-electron chi connectivity index (χ4n) is 5.11. The minimum Gasteiger partial charge on any atom is -0.396 e. The highest BCUT2D eigenvalue weighted by Gasteiger charge is 2.23. The Labute approximate surface area is 208 Å². The van der Waals surface area contributed by atoms with Crippen molar-refractivity contribution in [3.63, 3.8) is 0 Å². The fraction of sp³-hybridized carbons (Fsp3) is 0.538. The minimum absolute atomic E-state index is 0.0182. The maximum absolute atomic E-state index is 13.1. The number of likely N-dealkylation sites (tertiary alicyclic amines) is 1. The number of nitrogens with one attached hydrogen (secondary N) is 1. The van der Waals surface area contributed by atoms with Crippen LogP contribution in [0.25, 0.3) is 0 Å². The Balaban J connectivity index is 1.41. The molecule has 1 aliphatic heterocycles. The van der Waals surface area contributed by atoms with Crippen molar-refractivity contribution in [1.29, 1.82) is 5.26 Å². The lowest BCUT2D eigenvalue weighted by atomic mass is 9.93. The van der Waals surface area contributed by atoms with Crippen LogP contribution < -0.4 is 15.9 Å². The van der Waals surface area contributed by atoms with Crippen LogP contribution in [-0.4, -0.2) is 60.0 Å². The molecule has 1 saturated heterocycles. The van der Waals surface area contributed by atoms with Crippen molar-refractivity contribution in [3.8, 4) is 6.07 Å². The molecule has 1 amide bonds. The van der Waals surface area contributed by atoms with E-state index in [4.69, 9.17) is 13.0 Å². The number of carbonyl (C=O) groups is 1. The molecule has 2 aliphatic rings. The van der Waals surface area contributed by atoms with Gasteiger partial charge in [0.1, 0.15) is 19.7 Å². The fourth-order valence-corrected chi connectivity index (χ4v) is 5.11. The van der Waals surface area contributed by atoms with Crippen LogP contribution >= 0.6 is 0 Å². The topological polar surface area (TPSA) is 105 Å². The Morgan fingerprint density at radius 1 is 1.17 bits per heavy atom. The van der Waals surface area contributed by atoms with Gasteiger partial charge in [0.25, 0.3) is 5.91 Å². The van der Waals surface area contributed by atoms with Crippen molar-refractivity contribution < 1.29 is 9.90 Å². The van der Waals surface area contributed by atoms with E-state index in [0.717, 1.165) is 51.7 Å². The Hall–Kier alpha value is -2.96. The molecule has 0 atom stereocenters. The van der Waals surface area contributed by atoms with Gasteiger partial charge in [0.15, 0.2) is 0 Å². The number of hydrogen-bond acceptors (Lipinski definition) is 7. The number of hydrogen-bond donors (Lipinski definition) is 2. The van der Waals surface area contributed by atoms with E-state index in [1.165, 1.54) is 24.6 Å². The van der Waals surface area contributed by atoms with Gasteiger partial charge in [-0.2, -0.15) is 5.26 Å². The summed E-state index contributed by atoms with van der Waals surface area (Å²) in [7, 11) is 6.12. The molecular formula is C26H33BN6O2. The molecule has 2 fully saturated rings. The summed E-state index contributed by atoms with van der Waals surface area (Å²) < 4.78 is 0. The first kappa shape index (κ1) is 25.1. The molecule has 2 heterocycles. The van der Waals surface area contributed by atoms with E-state index in [1.807, 2.05) is 30.3 Å². The number of amides is 1. The van der Waals surface area contributed by atoms with Crippen LogP contribution in [0.4, 0.5) is 5.82 Å². The summed E-state index contributed by atoms with van der Waals surface area (Å²) in [4.78, 5) is 23.8. The first-order valence-corrected chi connectivity index (χ1v) is 12.6. The molecule has 4 rings (SSSR count). The molecule has 1 aliphatic carbocycles. The molecular weight excluding hydrogens is 439 g/mol. The summed E-state index contributed by atoms with van der Waals surface area (Å²) >= 11 is 0. The molecule has 182 valence electrons. The molecule has 2 radical (unpaired) electrons. The lowest BCUT2D eigenvalue weighted by Crippen LogP contribution is -2.47. The van der Waals surface area contributed by atoms with E-state index in [2.05, 4.69) is 20.3 Å². The van der Waals surface area contributed by atoms with Gasteiger partial charge < -0.3 is 5.11 Å². The Bertz CT molecular complexity index is 1030. The number of rotatable bonds is 9. The number of piperidine rings is 1. The smallest absolute Gasteiger partial charge is 0.269 e. The zero-order valence-corrected chi connectivity index (χ0v) is 20.2. The SMILES string of the molecule is [B]c1cnc(C#N)nc1N(CC1CCCC1)NC(=O)c1ccc(CN2CCC(CCO)CC2)cc1. The average molecular weight is 472 g/mol. The standard InChI is InChI=1S/C26H33BN6O2/c27-23-16-29-24(15-28)30-25(23)33(18-20-3-1-2-4-20)31-26(35)22-7-5-21(6-8-22)17-32-12-9-19(10-13-32)11-14-34/h5-8,16,19-20,34H,1-4,9-14,17-18H2,(H,31,35). The first-order valence-electron chi connectivity index (χ1n) is 12.6. The second-order valence-corrected chi connectivity index (χ2v) is 9.72. The van der Waals surface area contributed by atoms with E-state index < -0.39 is 0 Å². The van der Waals surface area contributed by atoms with Crippen LogP contribution in [0.2, 0.25) is 0 Å². The number of aliphatic hydroxyl groups excluding tert-OH is 1. The minimum atomic E-state index is -0.240. The number of aromatic nitrogens is 2. The predicted octanol–water partition coefficient (Wildman–Crippen LogP) is 2.08. The number of hydrazine groups is 1. The van der Waals surface area contributed by atoms with Gasteiger partial charge in [0.05, 0.1) is 0 Å². The van der Waals surface area contributed by atoms with Crippen LogP contribution in [0.1, 0.15) is 66.7 Å². The summed E-state index contributed by atoms with van der Waals surface area (Å²) in [5.41, 5.74) is 5.02. The molecule has 0 spiro atoms. The Morgan fingerprint density at radius 2 is 1.89 bits per heavy atom. The molecule has 1 aromatic carbocycles. The van der Waals surface area contributed by atoms with Gasteiger partial charge in [-0.15, -0.1) is 0 Å². The van der Waals surface area contributed by atoms with Crippen molar-refractivity contribution in [1.82, 2.24) is 20.3 Å². The third-order valence-electron chi connectivity index (χ3n) is 7.17. The van der Waals surface area contributed by atoms with Crippen molar-refractivity contribution in [2.75, 3.05) is 31.3 Å². The first-order chi connectivity index (χ1) is 17.1. The summed E-state index contributed by atoms with van der Waals surface area (Å²) in [6.07, 6.45) is 9.09. The summed E-state index contributed by atoms with van der Waals surface area (Å²) in [5.74, 6) is 1.19. The lowest BCUT2D eigenvalue weighted by molar-refractivity contribution is 0.0947. The van der Waals surface area contributed by atoms with Crippen LogP contribution in [0.5, 0.6) is 0 Å².